The van der Waals surface area contributed by atoms with Gasteiger partial charge in [-0.05, 0) is 6.92 Å². The summed E-state index contributed by atoms with van der Waals surface area (Å²) < 4.78 is 1.80. The van der Waals surface area contributed by atoms with Crippen LogP contribution in [0.25, 0.3) is 0 Å². The molecule has 0 aliphatic heterocycles. The average molecular weight is 179 g/mol. The van der Waals surface area contributed by atoms with E-state index in [1.165, 1.54) is 6.33 Å². The number of tetrazole rings is 1. The van der Waals surface area contributed by atoms with Crippen LogP contribution in [-0.2, 0) is 13.0 Å². The van der Waals surface area contributed by atoms with Gasteiger partial charge in [-0.25, -0.2) is 9.67 Å². The predicted molar refractivity (Wildman–Crippen MR) is 42.7 cm³/mol. The van der Waals surface area contributed by atoms with Gasteiger partial charge in [-0.1, -0.05) is 5.21 Å². The van der Waals surface area contributed by atoms with Gasteiger partial charge in [0, 0.05) is 6.54 Å². The molecule has 0 radical (unpaired) electrons. The molecule has 13 heavy (non-hydrogen) atoms. The molecule has 0 saturated carbocycles. The maximum absolute atomic E-state index is 4.09. The first-order valence-corrected chi connectivity index (χ1v) is 3.99. The van der Waals surface area contributed by atoms with Crippen molar-refractivity contribution >= 4 is 0 Å². The van der Waals surface area contributed by atoms with Gasteiger partial charge in [-0.3, -0.25) is 0 Å². The number of nitrogens with zero attached hydrogens (tertiary/aromatic N) is 6. The number of aromatic amines is 1. The van der Waals surface area contributed by atoms with Crippen LogP contribution in [0, 0.1) is 0 Å². The van der Waals surface area contributed by atoms with Crippen LogP contribution >= 0.6 is 0 Å². The molecule has 0 aromatic carbocycles. The van der Waals surface area contributed by atoms with Crippen molar-refractivity contribution in [2.24, 2.45) is 0 Å². The summed E-state index contributed by atoms with van der Waals surface area (Å²) in [6.45, 7) is 2.81. The van der Waals surface area contributed by atoms with Crippen molar-refractivity contribution in [3.8, 4) is 0 Å². The predicted octanol–water partition coefficient (Wildman–Crippen LogP) is -0.598. The normalized spacial score (nSPS) is 10.5. The van der Waals surface area contributed by atoms with Gasteiger partial charge < -0.3 is 0 Å². The van der Waals surface area contributed by atoms with Gasteiger partial charge in [0.05, 0.1) is 6.42 Å². The number of hydrogen-bond acceptors (Lipinski definition) is 5. The lowest BCUT2D eigenvalue weighted by molar-refractivity contribution is 0.620. The molecule has 0 bridgehead atoms. The fourth-order valence-corrected chi connectivity index (χ4v) is 1.09. The third kappa shape index (κ3) is 1.53. The SMILES string of the molecule is CCn1ncnc1Cc1nn[nH]n1. The quantitative estimate of drug-likeness (QED) is 0.680. The van der Waals surface area contributed by atoms with E-state index in [1.807, 2.05) is 6.92 Å². The number of aromatic nitrogens is 7. The second kappa shape index (κ2) is 3.30. The van der Waals surface area contributed by atoms with Gasteiger partial charge in [0.2, 0.25) is 0 Å². The Balaban J connectivity index is 2.18. The molecule has 0 aliphatic rings. The molecule has 0 fully saturated rings. The summed E-state index contributed by atoms with van der Waals surface area (Å²) >= 11 is 0. The van der Waals surface area contributed by atoms with Gasteiger partial charge in [-0.15, -0.1) is 10.2 Å². The maximum Gasteiger partial charge on any atom is 0.182 e. The molecule has 0 spiro atoms. The molecule has 2 aromatic heterocycles. The summed E-state index contributed by atoms with van der Waals surface area (Å²) in [5.74, 6) is 1.48. The van der Waals surface area contributed by atoms with Crippen molar-refractivity contribution in [1.29, 1.82) is 0 Å². The van der Waals surface area contributed by atoms with Crippen LogP contribution in [0.15, 0.2) is 6.33 Å². The Labute approximate surface area is 74.2 Å². The highest BCUT2D eigenvalue weighted by Crippen LogP contribution is 1.99. The number of aryl methyl sites for hydroxylation is 1. The van der Waals surface area contributed by atoms with E-state index in [0.717, 1.165) is 12.4 Å². The van der Waals surface area contributed by atoms with E-state index in [2.05, 4.69) is 30.7 Å². The smallest absolute Gasteiger partial charge is 0.182 e. The first-order valence-electron chi connectivity index (χ1n) is 3.99. The molecule has 0 amide bonds. The monoisotopic (exact) mass is 179 g/mol. The molecule has 68 valence electrons. The Morgan fingerprint density at radius 2 is 2.46 bits per heavy atom. The van der Waals surface area contributed by atoms with Crippen LogP contribution in [0.3, 0.4) is 0 Å². The first-order chi connectivity index (χ1) is 6.40. The van der Waals surface area contributed by atoms with Crippen molar-refractivity contribution < 1.29 is 0 Å². The van der Waals surface area contributed by atoms with E-state index in [9.17, 15) is 0 Å². The molecule has 7 nitrogen and oxygen atoms in total. The summed E-state index contributed by atoms with van der Waals surface area (Å²) in [4.78, 5) is 4.09. The van der Waals surface area contributed by atoms with E-state index in [4.69, 9.17) is 0 Å². The molecule has 2 rings (SSSR count). The average Bonchev–Trinajstić information content (AvgIpc) is 2.76. The van der Waals surface area contributed by atoms with Crippen molar-refractivity contribution in [3.63, 3.8) is 0 Å². The van der Waals surface area contributed by atoms with E-state index < -0.39 is 0 Å². The van der Waals surface area contributed by atoms with Crippen LogP contribution in [0.2, 0.25) is 0 Å². The fourth-order valence-electron chi connectivity index (χ4n) is 1.09. The number of nitrogens with one attached hydrogen (secondary N) is 1. The summed E-state index contributed by atoms with van der Waals surface area (Å²) in [6.07, 6.45) is 2.09. The molecule has 1 N–H and O–H groups in total. The molecule has 0 unspecified atom stereocenters. The highest BCUT2D eigenvalue weighted by Gasteiger charge is 2.06. The van der Waals surface area contributed by atoms with Crippen molar-refractivity contribution in [2.45, 2.75) is 19.9 Å². The topological polar surface area (TPSA) is 85.2 Å². The van der Waals surface area contributed by atoms with E-state index in [-0.39, 0.29) is 0 Å². The van der Waals surface area contributed by atoms with Gasteiger partial charge in [0.1, 0.15) is 12.2 Å². The molecular formula is C6H9N7. The minimum absolute atomic E-state index is 0.560. The van der Waals surface area contributed by atoms with Gasteiger partial charge >= 0.3 is 0 Å². The minimum atomic E-state index is 0.560. The second-order valence-corrected chi connectivity index (χ2v) is 2.50. The van der Waals surface area contributed by atoms with Crippen LogP contribution in [0.5, 0.6) is 0 Å². The van der Waals surface area contributed by atoms with E-state index in [0.29, 0.717) is 12.2 Å². The summed E-state index contributed by atoms with van der Waals surface area (Å²) in [5, 5.41) is 17.6. The minimum Gasteiger partial charge on any atom is -0.250 e. The number of H-pyrrole nitrogens is 1. The van der Waals surface area contributed by atoms with Crippen LogP contribution in [-0.4, -0.2) is 35.4 Å². The zero-order chi connectivity index (χ0) is 9.10. The first kappa shape index (κ1) is 7.84. The largest absolute Gasteiger partial charge is 0.250 e. The maximum atomic E-state index is 4.09. The molecule has 0 saturated heterocycles. The lowest BCUT2D eigenvalue weighted by Gasteiger charge is -1.98. The lowest BCUT2D eigenvalue weighted by Crippen LogP contribution is -2.05. The Morgan fingerprint density at radius 1 is 1.54 bits per heavy atom. The fraction of sp³-hybridized carbons (Fsp3) is 0.500. The highest BCUT2D eigenvalue weighted by atomic mass is 15.5. The van der Waals surface area contributed by atoms with Crippen LogP contribution in [0.4, 0.5) is 0 Å². The molecule has 7 heteroatoms. The summed E-state index contributed by atoms with van der Waals surface area (Å²) in [7, 11) is 0. The molecular weight excluding hydrogens is 170 g/mol. The van der Waals surface area contributed by atoms with E-state index in [1.54, 1.807) is 4.68 Å². The number of hydrogen-bond donors (Lipinski definition) is 1. The Hall–Kier alpha value is -1.79. The van der Waals surface area contributed by atoms with Crippen molar-refractivity contribution in [3.05, 3.63) is 18.0 Å². The lowest BCUT2D eigenvalue weighted by atomic mass is 10.4. The van der Waals surface area contributed by atoms with Crippen LogP contribution < -0.4 is 0 Å². The second-order valence-electron chi connectivity index (χ2n) is 2.50. The summed E-state index contributed by atoms with van der Waals surface area (Å²) in [5.41, 5.74) is 0. The third-order valence-corrected chi connectivity index (χ3v) is 1.70. The van der Waals surface area contributed by atoms with Crippen LogP contribution in [0.1, 0.15) is 18.6 Å². The van der Waals surface area contributed by atoms with Gasteiger partial charge in [0.15, 0.2) is 5.82 Å². The van der Waals surface area contributed by atoms with Crippen molar-refractivity contribution in [1.82, 2.24) is 35.4 Å². The van der Waals surface area contributed by atoms with Crippen molar-refractivity contribution in [2.75, 3.05) is 0 Å². The molecule has 0 atom stereocenters. The molecule has 0 aliphatic carbocycles. The third-order valence-electron chi connectivity index (χ3n) is 1.70. The zero-order valence-corrected chi connectivity index (χ0v) is 7.17. The Morgan fingerprint density at radius 3 is 3.15 bits per heavy atom. The zero-order valence-electron chi connectivity index (χ0n) is 7.17. The summed E-state index contributed by atoms with van der Waals surface area (Å²) in [6, 6.07) is 0. The Kier molecular flexibility index (Phi) is 1.99. The standard InChI is InChI=1S/C6H9N7/c1-2-13-6(7-4-8-13)3-5-9-11-12-10-5/h4H,2-3H2,1H3,(H,9,10,11,12). The van der Waals surface area contributed by atoms with E-state index >= 15 is 0 Å². The van der Waals surface area contributed by atoms with Gasteiger partial charge in [-0.2, -0.15) is 10.3 Å². The van der Waals surface area contributed by atoms with Gasteiger partial charge in [0.25, 0.3) is 0 Å². The molecule has 2 aromatic rings. The highest BCUT2D eigenvalue weighted by molar-refractivity contribution is 4.95. The molecule has 2 heterocycles. The Bertz CT molecular complexity index is 362. The number of rotatable bonds is 3.